The first-order valence-electron chi connectivity index (χ1n) is 13.0. The molecule has 0 radical (unpaired) electrons. The van der Waals surface area contributed by atoms with E-state index < -0.39 is 0 Å². The van der Waals surface area contributed by atoms with Gasteiger partial charge in [-0.25, -0.2) is 4.98 Å². The molecule has 1 amide bonds. The zero-order chi connectivity index (χ0) is 26.6. The third kappa shape index (κ3) is 5.06. The maximum absolute atomic E-state index is 13.5. The molecule has 0 unspecified atom stereocenters. The summed E-state index contributed by atoms with van der Waals surface area (Å²) in [6, 6.07) is 19.7. The van der Waals surface area contributed by atoms with Crippen LogP contribution in [0.1, 0.15) is 33.0 Å². The van der Waals surface area contributed by atoms with E-state index in [2.05, 4.69) is 44.8 Å². The Balaban J connectivity index is 1.19. The zero-order valence-corrected chi connectivity index (χ0v) is 22.0. The minimum absolute atomic E-state index is 0.0539. The van der Waals surface area contributed by atoms with Crippen molar-refractivity contribution in [3.05, 3.63) is 76.7 Å². The SMILES string of the molecule is Cc1c(CN2CCN(c3ccccc3C#N)CC2)cc(C(=O)N2CCN(c3cccc(C#N)n3)CC2)n1C. The van der Waals surface area contributed by atoms with Crippen molar-refractivity contribution in [3.8, 4) is 12.1 Å². The Bertz CT molecular complexity index is 1400. The van der Waals surface area contributed by atoms with Gasteiger partial charge >= 0.3 is 0 Å². The summed E-state index contributed by atoms with van der Waals surface area (Å²) in [6.45, 7) is 9.02. The average molecular weight is 509 g/mol. The highest BCUT2D eigenvalue weighted by atomic mass is 16.2. The fourth-order valence-corrected chi connectivity index (χ4v) is 5.32. The van der Waals surface area contributed by atoms with Crippen LogP contribution in [-0.2, 0) is 13.6 Å². The van der Waals surface area contributed by atoms with Crippen molar-refractivity contribution in [3.63, 3.8) is 0 Å². The molecule has 3 aromatic rings. The lowest BCUT2D eigenvalue weighted by Crippen LogP contribution is -2.49. The molecule has 2 fully saturated rings. The van der Waals surface area contributed by atoms with Crippen molar-refractivity contribution < 1.29 is 4.79 Å². The molecule has 9 nitrogen and oxygen atoms in total. The molecule has 38 heavy (non-hydrogen) atoms. The highest BCUT2D eigenvalue weighted by Gasteiger charge is 2.27. The summed E-state index contributed by atoms with van der Waals surface area (Å²) in [6.07, 6.45) is 0. The molecule has 4 heterocycles. The number of aromatic nitrogens is 2. The number of piperazine rings is 2. The lowest BCUT2D eigenvalue weighted by Gasteiger charge is -2.36. The number of hydrogen-bond donors (Lipinski definition) is 0. The molecule has 2 aliphatic heterocycles. The second-order valence-corrected chi connectivity index (χ2v) is 9.86. The van der Waals surface area contributed by atoms with Gasteiger partial charge in [0.1, 0.15) is 29.3 Å². The number of benzene rings is 1. The summed E-state index contributed by atoms with van der Waals surface area (Å²) in [7, 11) is 1.97. The maximum atomic E-state index is 13.5. The molecule has 5 rings (SSSR count). The van der Waals surface area contributed by atoms with Gasteiger partial charge in [-0.2, -0.15) is 10.5 Å². The molecule has 0 bridgehead atoms. The Kier molecular flexibility index (Phi) is 7.30. The van der Waals surface area contributed by atoms with Crippen molar-refractivity contribution in [2.75, 3.05) is 62.2 Å². The highest BCUT2D eigenvalue weighted by molar-refractivity contribution is 5.93. The standard InChI is InChI=1S/C29H32N8O/c1-22-24(21-34-10-12-35(13-11-34)26-8-4-3-6-23(26)19-30)18-27(33(22)2)29(38)37-16-14-36(15-17-37)28-9-5-7-25(20-31)32-28/h3-9,18H,10-17,21H2,1-2H3. The van der Waals surface area contributed by atoms with E-state index in [0.29, 0.717) is 31.9 Å². The third-order valence-corrected chi connectivity index (χ3v) is 7.73. The van der Waals surface area contributed by atoms with Crippen LogP contribution in [0.3, 0.4) is 0 Å². The molecular formula is C29H32N8O. The average Bonchev–Trinajstić information content (AvgIpc) is 3.25. The van der Waals surface area contributed by atoms with Crippen molar-refractivity contribution >= 4 is 17.4 Å². The number of nitriles is 2. The van der Waals surface area contributed by atoms with Gasteiger partial charge < -0.3 is 19.3 Å². The summed E-state index contributed by atoms with van der Waals surface area (Å²) in [5.74, 6) is 0.836. The second kappa shape index (κ2) is 11.0. The lowest BCUT2D eigenvalue weighted by atomic mass is 10.1. The monoisotopic (exact) mass is 508 g/mol. The van der Waals surface area contributed by atoms with E-state index in [4.69, 9.17) is 5.26 Å². The van der Waals surface area contributed by atoms with Crippen molar-refractivity contribution in [1.82, 2.24) is 19.4 Å². The quantitative estimate of drug-likeness (QED) is 0.523. The normalized spacial score (nSPS) is 16.3. The van der Waals surface area contributed by atoms with Crippen LogP contribution in [0, 0.1) is 29.6 Å². The predicted molar refractivity (Wildman–Crippen MR) is 146 cm³/mol. The number of nitrogens with zero attached hydrogens (tertiary/aromatic N) is 8. The first-order valence-corrected chi connectivity index (χ1v) is 13.0. The van der Waals surface area contributed by atoms with Crippen LogP contribution in [0.4, 0.5) is 11.5 Å². The van der Waals surface area contributed by atoms with Crippen molar-refractivity contribution in [1.29, 1.82) is 10.5 Å². The van der Waals surface area contributed by atoms with Gasteiger partial charge in [-0.05, 0) is 42.8 Å². The summed E-state index contributed by atoms with van der Waals surface area (Å²) in [5, 5.41) is 18.6. The molecule has 194 valence electrons. The fraction of sp³-hybridized carbons (Fsp3) is 0.379. The molecular weight excluding hydrogens is 476 g/mol. The van der Waals surface area contributed by atoms with E-state index in [0.717, 1.165) is 61.2 Å². The molecule has 9 heteroatoms. The summed E-state index contributed by atoms with van der Waals surface area (Å²) >= 11 is 0. The molecule has 2 saturated heterocycles. The summed E-state index contributed by atoms with van der Waals surface area (Å²) < 4.78 is 2.02. The number of carbonyl (C=O) groups excluding carboxylic acids is 1. The number of amides is 1. The van der Waals surface area contributed by atoms with Crippen molar-refractivity contribution in [2.24, 2.45) is 7.05 Å². The highest BCUT2D eigenvalue weighted by Crippen LogP contribution is 2.24. The Morgan fingerprint density at radius 1 is 0.895 bits per heavy atom. The summed E-state index contributed by atoms with van der Waals surface area (Å²) in [4.78, 5) is 26.6. The Hall–Kier alpha value is -4.34. The Morgan fingerprint density at radius 3 is 2.32 bits per heavy atom. The van der Waals surface area contributed by atoms with Gasteiger partial charge in [0.25, 0.3) is 5.91 Å². The van der Waals surface area contributed by atoms with E-state index in [1.54, 1.807) is 6.07 Å². The smallest absolute Gasteiger partial charge is 0.270 e. The van der Waals surface area contributed by atoms with Gasteiger partial charge in [-0.1, -0.05) is 18.2 Å². The van der Waals surface area contributed by atoms with Gasteiger partial charge in [0.15, 0.2) is 0 Å². The van der Waals surface area contributed by atoms with E-state index in [-0.39, 0.29) is 5.91 Å². The molecule has 1 aromatic carbocycles. The third-order valence-electron chi connectivity index (χ3n) is 7.73. The zero-order valence-electron chi connectivity index (χ0n) is 22.0. The fourth-order valence-electron chi connectivity index (χ4n) is 5.32. The Morgan fingerprint density at radius 2 is 1.61 bits per heavy atom. The number of para-hydroxylation sites is 1. The van der Waals surface area contributed by atoms with Gasteiger partial charge in [0, 0.05) is 71.6 Å². The van der Waals surface area contributed by atoms with Gasteiger partial charge in [-0.3, -0.25) is 9.69 Å². The minimum atomic E-state index is 0.0539. The molecule has 2 aromatic heterocycles. The largest absolute Gasteiger partial charge is 0.368 e. The molecule has 0 atom stereocenters. The van der Waals surface area contributed by atoms with Gasteiger partial charge in [0.05, 0.1) is 11.3 Å². The van der Waals surface area contributed by atoms with Crippen molar-refractivity contribution in [2.45, 2.75) is 13.5 Å². The first-order chi connectivity index (χ1) is 18.5. The molecule has 0 spiro atoms. The van der Waals surface area contributed by atoms with E-state index >= 15 is 0 Å². The van der Waals surface area contributed by atoms with E-state index in [9.17, 15) is 10.1 Å². The molecule has 2 aliphatic rings. The van der Waals surface area contributed by atoms with Crippen LogP contribution >= 0.6 is 0 Å². The van der Waals surface area contributed by atoms with Crippen LogP contribution in [-0.4, -0.2) is 77.6 Å². The number of carbonyl (C=O) groups is 1. The first kappa shape index (κ1) is 25.3. The number of hydrogen-bond acceptors (Lipinski definition) is 7. The van der Waals surface area contributed by atoms with Gasteiger partial charge in [-0.15, -0.1) is 0 Å². The van der Waals surface area contributed by atoms with E-state index in [1.165, 1.54) is 5.56 Å². The number of rotatable bonds is 5. The van der Waals surface area contributed by atoms with Crippen LogP contribution in [0.5, 0.6) is 0 Å². The van der Waals surface area contributed by atoms with Crippen LogP contribution in [0.2, 0.25) is 0 Å². The topological polar surface area (TPSA) is 95.4 Å². The minimum Gasteiger partial charge on any atom is -0.368 e. The number of anilines is 2. The molecule has 0 aliphatic carbocycles. The summed E-state index contributed by atoms with van der Waals surface area (Å²) in [5.41, 5.74) is 5.14. The molecule has 0 saturated carbocycles. The van der Waals surface area contributed by atoms with Crippen LogP contribution in [0.15, 0.2) is 48.5 Å². The predicted octanol–water partition coefficient (Wildman–Crippen LogP) is 2.76. The lowest BCUT2D eigenvalue weighted by molar-refractivity contribution is 0.0736. The van der Waals surface area contributed by atoms with E-state index in [1.807, 2.05) is 52.9 Å². The van der Waals surface area contributed by atoms with Gasteiger partial charge in [0.2, 0.25) is 0 Å². The number of pyridine rings is 1. The molecule has 0 N–H and O–H groups in total. The second-order valence-electron chi connectivity index (χ2n) is 9.86. The Labute approximate surface area is 223 Å². The maximum Gasteiger partial charge on any atom is 0.270 e. The van der Waals surface area contributed by atoms with Crippen LogP contribution < -0.4 is 9.80 Å². The van der Waals surface area contributed by atoms with Crippen LogP contribution in [0.25, 0.3) is 0 Å².